The average Bonchev–Trinajstić information content (AvgIpc) is 3.38. The van der Waals surface area contributed by atoms with Crippen molar-refractivity contribution in [2.75, 3.05) is 12.4 Å². The molecule has 1 aliphatic carbocycles. The van der Waals surface area contributed by atoms with Gasteiger partial charge >= 0.3 is 0 Å². The number of anilines is 1. The number of hydrogen-bond acceptors (Lipinski definition) is 6. The Morgan fingerprint density at radius 1 is 1.30 bits per heavy atom. The Kier molecular flexibility index (Phi) is 5.39. The van der Waals surface area contributed by atoms with Gasteiger partial charge in [-0.25, -0.2) is 4.39 Å². The van der Waals surface area contributed by atoms with E-state index in [1.54, 1.807) is 18.5 Å². The molecule has 0 spiro atoms. The summed E-state index contributed by atoms with van der Waals surface area (Å²) in [6.07, 6.45) is 3.87. The molecule has 1 aromatic carbocycles. The number of aromatic nitrogens is 3. The molecule has 0 unspecified atom stereocenters. The van der Waals surface area contributed by atoms with Gasteiger partial charge in [-0.3, -0.25) is 9.39 Å². The zero-order chi connectivity index (χ0) is 21.3. The van der Waals surface area contributed by atoms with Crippen LogP contribution >= 0.6 is 0 Å². The minimum atomic E-state index is -0.325. The van der Waals surface area contributed by atoms with Crippen LogP contribution in [0.2, 0.25) is 0 Å². The van der Waals surface area contributed by atoms with Crippen LogP contribution in [0.15, 0.2) is 47.3 Å². The van der Waals surface area contributed by atoms with Gasteiger partial charge in [-0.15, -0.1) is 10.2 Å². The first-order valence-corrected chi connectivity index (χ1v) is 9.89. The standard InChI is InChI=1S/C22H25FN6O/c1-13(24)21(14(2)27-15-7-8-15)16-9-10-20(29-12-26-28-22(16)29)25-11-17-18(23)5-4-6-19(17)30-3/h4-6,9-10,12,15,25H,7-8,11,24H2,1-3H3. The smallest absolute Gasteiger partial charge is 0.170 e. The maximum atomic E-state index is 14.3. The van der Waals surface area contributed by atoms with Crippen molar-refractivity contribution in [3.05, 3.63) is 59.3 Å². The number of hydrogen-bond donors (Lipinski definition) is 2. The molecule has 1 fully saturated rings. The largest absolute Gasteiger partial charge is 0.496 e. The van der Waals surface area contributed by atoms with Crippen molar-refractivity contribution in [2.24, 2.45) is 10.7 Å². The van der Waals surface area contributed by atoms with Gasteiger partial charge < -0.3 is 15.8 Å². The molecule has 0 aliphatic heterocycles. The molecule has 0 bridgehead atoms. The minimum absolute atomic E-state index is 0.253. The monoisotopic (exact) mass is 408 g/mol. The van der Waals surface area contributed by atoms with E-state index >= 15 is 0 Å². The van der Waals surface area contributed by atoms with E-state index in [0.717, 1.165) is 35.5 Å². The van der Waals surface area contributed by atoms with E-state index in [9.17, 15) is 4.39 Å². The predicted octanol–water partition coefficient (Wildman–Crippen LogP) is 3.80. The van der Waals surface area contributed by atoms with Crippen LogP contribution in [-0.2, 0) is 6.54 Å². The summed E-state index contributed by atoms with van der Waals surface area (Å²) in [7, 11) is 1.53. The van der Waals surface area contributed by atoms with E-state index in [4.69, 9.17) is 15.5 Å². The first-order chi connectivity index (χ1) is 14.5. The summed E-state index contributed by atoms with van der Waals surface area (Å²) < 4.78 is 21.4. The number of rotatable bonds is 7. The number of fused-ring (bicyclic) bond motifs is 1. The summed E-state index contributed by atoms with van der Waals surface area (Å²) >= 11 is 0. The Balaban J connectivity index is 1.69. The van der Waals surface area contributed by atoms with E-state index in [1.807, 2.05) is 30.4 Å². The second-order valence-corrected chi connectivity index (χ2v) is 7.43. The van der Waals surface area contributed by atoms with Gasteiger partial charge in [0.25, 0.3) is 0 Å². The molecule has 1 aliphatic rings. The maximum absolute atomic E-state index is 14.3. The number of nitrogens with one attached hydrogen (secondary N) is 1. The van der Waals surface area contributed by atoms with Crippen LogP contribution < -0.4 is 15.8 Å². The Hall–Kier alpha value is -3.42. The Morgan fingerprint density at radius 3 is 2.80 bits per heavy atom. The third-order valence-electron chi connectivity index (χ3n) is 5.15. The molecule has 4 rings (SSSR count). The Labute approximate surface area is 174 Å². The summed E-state index contributed by atoms with van der Waals surface area (Å²) in [5.74, 6) is 0.902. The fourth-order valence-electron chi connectivity index (χ4n) is 3.57. The molecular formula is C22H25FN6O. The molecule has 0 radical (unpaired) electrons. The predicted molar refractivity (Wildman–Crippen MR) is 116 cm³/mol. The number of nitrogens with zero attached hydrogens (tertiary/aromatic N) is 4. The number of methoxy groups -OCH3 is 1. The third-order valence-corrected chi connectivity index (χ3v) is 5.15. The highest BCUT2D eigenvalue weighted by molar-refractivity contribution is 6.25. The van der Waals surface area contributed by atoms with Crippen molar-refractivity contribution in [1.82, 2.24) is 14.6 Å². The molecule has 0 atom stereocenters. The zero-order valence-electron chi connectivity index (χ0n) is 17.3. The highest BCUT2D eigenvalue weighted by atomic mass is 19.1. The van der Waals surface area contributed by atoms with E-state index in [1.165, 1.54) is 13.2 Å². The highest BCUT2D eigenvalue weighted by Gasteiger charge is 2.23. The lowest BCUT2D eigenvalue weighted by Gasteiger charge is -2.15. The molecule has 156 valence electrons. The van der Waals surface area contributed by atoms with E-state index in [-0.39, 0.29) is 12.4 Å². The first kappa shape index (κ1) is 19.9. The second-order valence-electron chi connectivity index (χ2n) is 7.43. The molecule has 3 aromatic rings. The lowest BCUT2D eigenvalue weighted by molar-refractivity contribution is 0.405. The second kappa shape index (κ2) is 8.14. The zero-order valence-corrected chi connectivity index (χ0v) is 17.3. The van der Waals surface area contributed by atoms with E-state index < -0.39 is 0 Å². The molecule has 30 heavy (non-hydrogen) atoms. The van der Waals surface area contributed by atoms with Crippen molar-refractivity contribution < 1.29 is 9.13 Å². The SMILES string of the molecule is COc1cccc(F)c1CNc1ccc(C(C(C)=NC2CC2)=C(C)N)c2nncn12. The number of benzene rings is 1. The molecule has 1 saturated carbocycles. The molecule has 3 N–H and O–H groups in total. The topological polar surface area (TPSA) is 89.8 Å². The van der Waals surface area contributed by atoms with Crippen LogP contribution in [0.5, 0.6) is 5.75 Å². The fourth-order valence-corrected chi connectivity index (χ4v) is 3.57. The number of nitrogens with two attached hydrogens (primary N) is 1. The normalized spacial score (nSPS) is 15.3. The molecular weight excluding hydrogens is 383 g/mol. The lowest BCUT2D eigenvalue weighted by Crippen LogP contribution is -2.10. The minimum Gasteiger partial charge on any atom is -0.496 e. The summed E-state index contributed by atoms with van der Waals surface area (Å²) in [5, 5.41) is 11.6. The van der Waals surface area contributed by atoms with Gasteiger partial charge in [0.2, 0.25) is 0 Å². The molecule has 0 amide bonds. The van der Waals surface area contributed by atoms with Crippen molar-refractivity contribution in [3.63, 3.8) is 0 Å². The quantitative estimate of drug-likeness (QED) is 0.581. The summed E-state index contributed by atoms with van der Waals surface area (Å²) in [4.78, 5) is 4.75. The molecule has 7 nitrogen and oxygen atoms in total. The van der Waals surface area contributed by atoms with Crippen molar-refractivity contribution in [2.45, 2.75) is 39.3 Å². The number of aliphatic imine (C=N–C) groups is 1. The number of halogens is 1. The van der Waals surface area contributed by atoms with Crippen LogP contribution in [0.3, 0.4) is 0 Å². The third kappa shape index (κ3) is 3.85. The van der Waals surface area contributed by atoms with Crippen LogP contribution in [0.4, 0.5) is 10.2 Å². The molecule has 2 heterocycles. The van der Waals surface area contributed by atoms with E-state index in [2.05, 4.69) is 15.5 Å². The van der Waals surface area contributed by atoms with Crippen molar-refractivity contribution >= 4 is 22.7 Å². The molecule has 2 aromatic heterocycles. The van der Waals surface area contributed by atoms with Gasteiger partial charge in [0.1, 0.15) is 23.7 Å². The number of pyridine rings is 1. The van der Waals surface area contributed by atoms with Gasteiger partial charge in [-0.2, -0.15) is 0 Å². The lowest BCUT2D eigenvalue weighted by atomic mass is 10.0. The number of allylic oxidation sites excluding steroid dienone is 2. The van der Waals surface area contributed by atoms with E-state index in [0.29, 0.717) is 28.7 Å². The van der Waals surface area contributed by atoms with Gasteiger partial charge in [-0.05, 0) is 51.0 Å². The summed E-state index contributed by atoms with van der Waals surface area (Å²) in [5.41, 5.74) is 10.7. The Bertz CT molecular complexity index is 1140. The molecule has 0 saturated heterocycles. The van der Waals surface area contributed by atoms with Gasteiger partial charge in [0, 0.05) is 34.7 Å². The fraction of sp³-hybridized carbons (Fsp3) is 0.318. The van der Waals surface area contributed by atoms with Crippen LogP contribution in [0.25, 0.3) is 11.2 Å². The number of ether oxygens (including phenoxy) is 1. The molecule has 8 heteroatoms. The highest BCUT2D eigenvalue weighted by Crippen LogP contribution is 2.30. The summed E-state index contributed by atoms with van der Waals surface area (Å²) in [6, 6.07) is 9.03. The average molecular weight is 408 g/mol. The van der Waals surface area contributed by atoms with Crippen molar-refractivity contribution in [3.8, 4) is 5.75 Å². The first-order valence-electron chi connectivity index (χ1n) is 9.89. The summed E-state index contributed by atoms with van der Waals surface area (Å²) in [6.45, 7) is 4.10. The van der Waals surface area contributed by atoms with Crippen molar-refractivity contribution in [1.29, 1.82) is 0 Å². The van der Waals surface area contributed by atoms with Gasteiger partial charge in [-0.1, -0.05) is 6.07 Å². The maximum Gasteiger partial charge on any atom is 0.170 e. The van der Waals surface area contributed by atoms with Crippen LogP contribution in [-0.4, -0.2) is 33.5 Å². The van der Waals surface area contributed by atoms with Crippen LogP contribution in [0, 0.1) is 5.82 Å². The Morgan fingerprint density at radius 2 is 2.10 bits per heavy atom. The van der Waals surface area contributed by atoms with Gasteiger partial charge in [0.15, 0.2) is 5.65 Å². The van der Waals surface area contributed by atoms with Crippen LogP contribution in [0.1, 0.15) is 37.8 Å². The van der Waals surface area contributed by atoms with Gasteiger partial charge in [0.05, 0.1) is 13.2 Å².